The van der Waals surface area contributed by atoms with Crippen molar-refractivity contribution >= 4 is 12.0 Å². The molecule has 2 rings (SSSR count). The summed E-state index contributed by atoms with van der Waals surface area (Å²) in [5.41, 5.74) is 2.45. The van der Waals surface area contributed by atoms with Gasteiger partial charge in [-0.25, -0.2) is 0 Å². The van der Waals surface area contributed by atoms with Gasteiger partial charge in [0.25, 0.3) is 0 Å². The van der Waals surface area contributed by atoms with Gasteiger partial charge < -0.3 is 4.74 Å². The first-order valence-corrected chi connectivity index (χ1v) is 4.79. The van der Waals surface area contributed by atoms with Crippen LogP contribution in [0.15, 0.2) is 24.3 Å². The molecule has 1 aromatic rings. The smallest absolute Gasteiger partial charge is 0.310 e. The SMILES string of the molecule is CCC(=O)Oc1ccc2c(c1)C=CC2. The summed E-state index contributed by atoms with van der Waals surface area (Å²) in [5.74, 6) is 0.453. The van der Waals surface area contributed by atoms with E-state index in [0.717, 1.165) is 12.0 Å². The summed E-state index contributed by atoms with van der Waals surface area (Å²) in [4.78, 5) is 11.0. The standard InChI is InChI=1S/C12H12O2/c1-2-12(13)14-11-7-6-9-4-3-5-10(9)8-11/h3,5-8H,2,4H2,1H3. The van der Waals surface area contributed by atoms with Gasteiger partial charge in [0.05, 0.1) is 0 Å². The molecule has 0 aromatic heterocycles. The maximum absolute atomic E-state index is 11.0. The largest absolute Gasteiger partial charge is 0.427 e. The van der Waals surface area contributed by atoms with E-state index in [-0.39, 0.29) is 5.97 Å². The molecule has 14 heavy (non-hydrogen) atoms. The molecular weight excluding hydrogens is 176 g/mol. The Labute approximate surface area is 83.2 Å². The molecule has 0 bridgehead atoms. The van der Waals surface area contributed by atoms with E-state index in [1.807, 2.05) is 18.2 Å². The monoisotopic (exact) mass is 188 g/mol. The van der Waals surface area contributed by atoms with Gasteiger partial charge in [0, 0.05) is 6.42 Å². The predicted octanol–water partition coefficient (Wildman–Crippen LogP) is 2.57. The van der Waals surface area contributed by atoms with E-state index in [2.05, 4.69) is 12.2 Å². The molecule has 2 heteroatoms. The fourth-order valence-electron chi connectivity index (χ4n) is 1.49. The van der Waals surface area contributed by atoms with Crippen LogP contribution < -0.4 is 4.74 Å². The van der Waals surface area contributed by atoms with E-state index in [1.165, 1.54) is 5.56 Å². The van der Waals surface area contributed by atoms with Gasteiger partial charge in [0.1, 0.15) is 5.75 Å². The maximum Gasteiger partial charge on any atom is 0.310 e. The highest BCUT2D eigenvalue weighted by atomic mass is 16.5. The summed E-state index contributed by atoms with van der Waals surface area (Å²) in [6.07, 6.45) is 5.55. The molecule has 0 atom stereocenters. The van der Waals surface area contributed by atoms with E-state index in [0.29, 0.717) is 12.2 Å². The Kier molecular flexibility index (Phi) is 2.35. The molecule has 0 unspecified atom stereocenters. The second kappa shape index (κ2) is 3.66. The number of carbonyl (C=O) groups excluding carboxylic acids is 1. The molecule has 0 N–H and O–H groups in total. The lowest BCUT2D eigenvalue weighted by Gasteiger charge is -2.04. The van der Waals surface area contributed by atoms with Crippen molar-refractivity contribution in [2.24, 2.45) is 0 Å². The van der Waals surface area contributed by atoms with E-state index in [4.69, 9.17) is 4.74 Å². The summed E-state index contributed by atoms with van der Waals surface area (Å²) >= 11 is 0. The molecule has 0 spiro atoms. The number of hydrogen-bond acceptors (Lipinski definition) is 2. The summed E-state index contributed by atoms with van der Waals surface area (Å²) in [7, 11) is 0. The first kappa shape index (κ1) is 9.00. The lowest BCUT2D eigenvalue weighted by molar-refractivity contribution is -0.134. The zero-order chi connectivity index (χ0) is 9.97. The van der Waals surface area contributed by atoms with Crippen molar-refractivity contribution in [3.05, 3.63) is 35.4 Å². The van der Waals surface area contributed by atoms with Gasteiger partial charge in [0.15, 0.2) is 0 Å². The van der Waals surface area contributed by atoms with Gasteiger partial charge in [0.2, 0.25) is 0 Å². The number of fused-ring (bicyclic) bond motifs is 1. The quantitative estimate of drug-likeness (QED) is 0.526. The molecule has 0 saturated carbocycles. The Morgan fingerprint density at radius 3 is 3.14 bits per heavy atom. The van der Waals surface area contributed by atoms with Gasteiger partial charge in [-0.05, 0) is 29.7 Å². The van der Waals surface area contributed by atoms with Gasteiger partial charge in [-0.15, -0.1) is 0 Å². The first-order valence-electron chi connectivity index (χ1n) is 4.79. The number of ether oxygens (including phenoxy) is 1. The zero-order valence-corrected chi connectivity index (χ0v) is 8.12. The Morgan fingerprint density at radius 1 is 1.50 bits per heavy atom. The minimum atomic E-state index is -0.188. The number of rotatable bonds is 2. The van der Waals surface area contributed by atoms with Crippen LogP contribution in [0, 0.1) is 0 Å². The number of hydrogen-bond donors (Lipinski definition) is 0. The second-order valence-electron chi connectivity index (χ2n) is 3.29. The lowest BCUT2D eigenvalue weighted by atomic mass is 10.1. The summed E-state index contributed by atoms with van der Waals surface area (Å²) in [6.45, 7) is 1.79. The third-order valence-electron chi connectivity index (χ3n) is 2.27. The predicted molar refractivity (Wildman–Crippen MR) is 55.1 cm³/mol. The third kappa shape index (κ3) is 1.69. The molecule has 2 nitrogen and oxygen atoms in total. The van der Waals surface area contributed by atoms with Crippen LogP contribution in [0.25, 0.3) is 6.08 Å². The Hall–Kier alpha value is -1.57. The molecule has 0 aliphatic heterocycles. The van der Waals surface area contributed by atoms with Crippen LogP contribution in [0.1, 0.15) is 24.5 Å². The lowest BCUT2D eigenvalue weighted by Crippen LogP contribution is -2.05. The van der Waals surface area contributed by atoms with E-state index in [9.17, 15) is 4.79 Å². The molecule has 0 saturated heterocycles. The van der Waals surface area contributed by atoms with Gasteiger partial charge in [-0.2, -0.15) is 0 Å². The van der Waals surface area contributed by atoms with E-state index in [1.54, 1.807) is 6.92 Å². The van der Waals surface area contributed by atoms with Crippen LogP contribution in [0.4, 0.5) is 0 Å². The molecule has 0 amide bonds. The maximum atomic E-state index is 11.0. The highest BCUT2D eigenvalue weighted by Crippen LogP contribution is 2.24. The van der Waals surface area contributed by atoms with Crippen LogP contribution in [-0.2, 0) is 11.2 Å². The molecule has 1 aliphatic carbocycles. The van der Waals surface area contributed by atoms with Crippen molar-refractivity contribution in [3.63, 3.8) is 0 Å². The number of allylic oxidation sites excluding steroid dienone is 1. The number of esters is 1. The van der Waals surface area contributed by atoms with Crippen molar-refractivity contribution in [1.82, 2.24) is 0 Å². The molecule has 1 aliphatic rings. The number of benzene rings is 1. The van der Waals surface area contributed by atoms with Crippen molar-refractivity contribution in [2.45, 2.75) is 19.8 Å². The van der Waals surface area contributed by atoms with Crippen molar-refractivity contribution < 1.29 is 9.53 Å². The Morgan fingerprint density at radius 2 is 2.36 bits per heavy atom. The van der Waals surface area contributed by atoms with Gasteiger partial charge >= 0.3 is 5.97 Å². The summed E-state index contributed by atoms with van der Waals surface area (Å²) in [5, 5.41) is 0. The van der Waals surface area contributed by atoms with Crippen molar-refractivity contribution in [3.8, 4) is 5.75 Å². The third-order valence-corrected chi connectivity index (χ3v) is 2.27. The molecule has 1 aromatic carbocycles. The minimum absolute atomic E-state index is 0.188. The molecule has 0 fully saturated rings. The fraction of sp³-hybridized carbons (Fsp3) is 0.250. The van der Waals surface area contributed by atoms with E-state index < -0.39 is 0 Å². The highest BCUT2D eigenvalue weighted by Gasteiger charge is 2.07. The topological polar surface area (TPSA) is 26.3 Å². The average molecular weight is 188 g/mol. The molecule has 0 heterocycles. The van der Waals surface area contributed by atoms with Crippen LogP contribution in [0.2, 0.25) is 0 Å². The van der Waals surface area contributed by atoms with Crippen LogP contribution in [-0.4, -0.2) is 5.97 Å². The van der Waals surface area contributed by atoms with Gasteiger partial charge in [-0.1, -0.05) is 25.1 Å². The highest BCUT2D eigenvalue weighted by molar-refractivity contribution is 5.72. The Balaban J connectivity index is 2.20. The van der Waals surface area contributed by atoms with Crippen molar-refractivity contribution in [2.75, 3.05) is 0 Å². The minimum Gasteiger partial charge on any atom is -0.427 e. The normalized spacial score (nSPS) is 12.6. The fourth-order valence-corrected chi connectivity index (χ4v) is 1.49. The molecule has 0 radical (unpaired) electrons. The van der Waals surface area contributed by atoms with Crippen LogP contribution in [0.3, 0.4) is 0 Å². The zero-order valence-electron chi connectivity index (χ0n) is 8.12. The summed E-state index contributed by atoms with van der Waals surface area (Å²) in [6, 6.07) is 5.76. The average Bonchev–Trinajstić information content (AvgIpc) is 2.64. The van der Waals surface area contributed by atoms with Crippen LogP contribution in [0.5, 0.6) is 5.75 Å². The molecular formula is C12H12O2. The van der Waals surface area contributed by atoms with Crippen molar-refractivity contribution in [1.29, 1.82) is 0 Å². The second-order valence-corrected chi connectivity index (χ2v) is 3.29. The summed E-state index contributed by atoms with van der Waals surface area (Å²) < 4.78 is 5.12. The van der Waals surface area contributed by atoms with Gasteiger partial charge in [-0.3, -0.25) is 4.79 Å². The first-order chi connectivity index (χ1) is 6.79. The Bertz CT molecular complexity index is 391. The molecule has 72 valence electrons. The van der Waals surface area contributed by atoms with Crippen LogP contribution >= 0.6 is 0 Å². The van der Waals surface area contributed by atoms with E-state index >= 15 is 0 Å². The number of carbonyl (C=O) groups is 1.